The Labute approximate surface area is 81.1 Å². The number of ether oxygens (including phenoxy) is 2. The number of rotatable bonds is 3. The summed E-state index contributed by atoms with van der Waals surface area (Å²) in [5, 5.41) is 27.7. The van der Waals surface area contributed by atoms with Gasteiger partial charge in [-0.15, -0.1) is 0 Å². The SMILES string of the molecule is CC(=O)CO[C@@H]1OC[C@@H](O)[C@H](O)[C@@H]1O. The fourth-order valence-electron chi connectivity index (χ4n) is 1.13. The minimum absolute atomic E-state index is 0.124. The van der Waals surface area contributed by atoms with Crippen LogP contribution in [0.5, 0.6) is 0 Å². The highest BCUT2D eigenvalue weighted by molar-refractivity contribution is 5.76. The summed E-state index contributed by atoms with van der Waals surface area (Å²) in [4.78, 5) is 10.6. The van der Waals surface area contributed by atoms with Crippen LogP contribution in [-0.4, -0.2) is 58.9 Å². The summed E-state index contributed by atoms with van der Waals surface area (Å²) in [6, 6.07) is 0. The van der Waals surface area contributed by atoms with Gasteiger partial charge < -0.3 is 24.8 Å². The normalized spacial score (nSPS) is 38.3. The molecule has 0 spiro atoms. The second-order valence-electron chi connectivity index (χ2n) is 3.26. The van der Waals surface area contributed by atoms with Gasteiger partial charge in [0.15, 0.2) is 12.1 Å². The highest BCUT2D eigenvalue weighted by Gasteiger charge is 2.38. The Morgan fingerprint density at radius 2 is 2.07 bits per heavy atom. The Balaban J connectivity index is 2.42. The van der Waals surface area contributed by atoms with E-state index in [-0.39, 0.29) is 19.0 Å². The molecule has 0 saturated carbocycles. The van der Waals surface area contributed by atoms with Crippen molar-refractivity contribution < 1.29 is 29.6 Å². The van der Waals surface area contributed by atoms with Crippen LogP contribution in [0.4, 0.5) is 0 Å². The molecule has 82 valence electrons. The molecular formula is C8H14O6. The van der Waals surface area contributed by atoms with Gasteiger partial charge in [-0.1, -0.05) is 0 Å². The summed E-state index contributed by atoms with van der Waals surface area (Å²) in [6.07, 6.45) is -4.82. The van der Waals surface area contributed by atoms with Gasteiger partial charge in [-0.2, -0.15) is 0 Å². The van der Waals surface area contributed by atoms with Crippen LogP contribution < -0.4 is 0 Å². The summed E-state index contributed by atoms with van der Waals surface area (Å²) >= 11 is 0. The first-order chi connectivity index (χ1) is 6.52. The molecule has 1 aliphatic rings. The average Bonchev–Trinajstić information content (AvgIpc) is 2.13. The lowest BCUT2D eigenvalue weighted by Crippen LogP contribution is -2.53. The van der Waals surface area contributed by atoms with Gasteiger partial charge in [-0.05, 0) is 6.92 Å². The van der Waals surface area contributed by atoms with Crippen LogP contribution in [0.25, 0.3) is 0 Å². The van der Waals surface area contributed by atoms with Crippen molar-refractivity contribution in [1.82, 2.24) is 0 Å². The Morgan fingerprint density at radius 3 is 2.64 bits per heavy atom. The van der Waals surface area contributed by atoms with Gasteiger partial charge in [0.25, 0.3) is 0 Å². The van der Waals surface area contributed by atoms with E-state index in [2.05, 4.69) is 0 Å². The van der Waals surface area contributed by atoms with Crippen molar-refractivity contribution in [3.8, 4) is 0 Å². The number of hydrogen-bond donors (Lipinski definition) is 3. The molecule has 4 atom stereocenters. The Hall–Kier alpha value is -0.530. The Bertz CT molecular complexity index is 206. The molecule has 1 rings (SSSR count). The summed E-state index contributed by atoms with van der Waals surface area (Å²) in [5.41, 5.74) is 0. The van der Waals surface area contributed by atoms with Gasteiger partial charge in [0.1, 0.15) is 24.9 Å². The highest BCUT2D eigenvalue weighted by Crippen LogP contribution is 2.16. The number of aliphatic hydroxyl groups excluding tert-OH is 3. The van der Waals surface area contributed by atoms with Crippen molar-refractivity contribution >= 4 is 5.78 Å². The van der Waals surface area contributed by atoms with E-state index in [1.807, 2.05) is 0 Å². The summed E-state index contributed by atoms with van der Waals surface area (Å²) in [7, 11) is 0. The number of carbonyl (C=O) groups excluding carboxylic acids is 1. The lowest BCUT2D eigenvalue weighted by atomic mass is 10.1. The van der Waals surface area contributed by atoms with E-state index in [1.54, 1.807) is 0 Å². The Morgan fingerprint density at radius 1 is 1.43 bits per heavy atom. The van der Waals surface area contributed by atoms with E-state index in [1.165, 1.54) is 6.92 Å². The minimum Gasteiger partial charge on any atom is -0.388 e. The zero-order valence-corrected chi connectivity index (χ0v) is 7.79. The molecule has 6 heteroatoms. The molecule has 0 bridgehead atoms. The molecule has 1 fully saturated rings. The fourth-order valence-corrected chi connectivity index (χ4v) is 1.13. The third-order valence-corrected chi connectivity index (χ3v) is 1.91. The van der Waals surface area contributed by atoms with Crippen LogP contribution in [-0.2, 0) is 14.3 Å². The van der Waals surface area contributed by atoms with Crippen LogP contribution in [0.3, 0.4) is 0 Å². The summed E-state index contributed by atoms with van der Waals surface area (Å²) in [6.45, 7) is 1.02. The molecule has 1 heterocycles. The molecule has 0 aromatic rings. The number of hydrogen-bond acceptors (Lipinski definition) is 6. The van der Waals surface area contributed by atoms with Crippen molar-refractivity contribution in [2.24, 2.45) is 0 Å². The van der Waals surface area contributed by atoms with Crippen LogP contribution in [0.15, 0.2) is 0 Å². The molecular weight excluding hydrogens is 192 g/mol. The first kappa shape index (κ1) is 11.5. The van der Waals surface area contributed by atoms with Crippen LogP contribution in [0.1, 0.15) is 6.92 Å². The first-order valence-electron chi connectivity index (χ1n) is 4.29. The van der Waals surface area contributed by atoms with Crippen molar-refractivity contribution in [2.75, 3.05) is 13.2 Å². The van der Waals surface area contributed by atoms with Crippen LogP contribution in [0, 0.1) is 0 Å². The van der Waals surface area contributed by atoms with Crippen molar-refractivity contribution in [3.05, 3.63) is 0 Å². The quantitative estimate of drug-likeness (QED) is 0.495. The van der Waals surface area contributed by atoms with Gasteiger partial charge >= 0.3 is 0 Å². The summed E-state index contributed by atoms with van der Waals surface area (Å²) in [5.74, 6) is -0.207. The molecule has 14 heavy (non-hydrogen) atoms. The predicted molar refractivity (Wildman–Crippen MR) is 44.4 cm³/mol. The monoisotopic (exact) mass is 206 g/mol. The molecule has 0 aromatic carbocycles. The van der Waals surface area contributed by atoms with Crippen molar-refractivity contribution in [2.45, 2.75) is 31.5 Å². The molecule has 0 radical (unpaired) electrons. The molecule has 1 saturated heterocycles. The number of aliphatic hydroxyl groups is 3. The molecule has 0 amide bonds. The second-order valence-corrected chi connectivity index (χ2v) is 3.26. The average molecular weight is 206 g/mol. The van der Waals surface area contributed by atoms with E-state index < -0.39 is 24.6 Å². The smallest absolute Gasteiger partial charge is 0.186 e. The van der Waals surface area contributed by atoms with Gasteiger partial charge in [-0.3, -0.25) is 4.79 Å². The third kappa shape index (κ3) is 2.73. The maximum Gasteiger partial charge on any atom is 0.186 e. The van der Waals surface area contributed by atoms with Crippen LogP contribution in [0.2, 0.25) is 0 Å². The molecule has 1 aliphatic heterocycles. The maximum absolute atomic E-state index is 10.6. The van der Waals surface area contributed by atoms with E-state index in [0.717, 1.165) is 0 Å². The first-order valence-corrected chi connectivity index (χ1v) is 4.29. The molecule has 3 N–H and O–H groups in total. The largest absolute Gasteiger partial charge is 0.388 e. The van der Waals surface area contributed by atoms with Crippen LogP contribution >= 0.6 is 0 Å². The molecule has 0 aromatic heterocycles. The number of carbonyl (C=O) groups is 1. The maximum atomic E-state index is 10.6. The van der Waals surface area contributed by atoms with Gasteiger partial charge in [0.05, 0.1) is 6.61 Å². The number of Topliss-reactive ketones (excluding diaryl/α,β-unsaturated/α-hetero) is 1. The zero-order valence-electron chi connectivity index (χ0n) is 7.79. The third-order valence-electron chi connectivity index (χ3n) is 1.91. The molecule has 0 aliphatic carbocycles. The fraction of sp³-hybridized carbons (Fsp3) is 0.875. The second kappa shape index (κ2) is 4.81. The lowest BCUT2D eigenvalue weighted by molar-refractivity contribution is -0.267. The van der Waals surface area contributed by atoms with E-state index in [0.29, 0.717) is 0 Å². The van der Waals surface area contributed by atoms with Gasteiger partial charge in [-0.25, -0.2) is 0 Å². The van der Waals surface area contributed by atoms with Gasteiger partial charge in [0.2, 0.25) is 0 Å². The van der Waals surface area contributed by atoms with E-state index >= 15 is 0 Å². The van der Waals surface area contributed by atoms with Crippen molar-refractivity contribution in [3.63, 3.8) is 0 Å². The van der Waals surface area contributed by atoms with Gasteiger partial charge in [0, 0.05) is 0 Å². The molecule has 0 unspecified atom stereocenters. The minimum atomic E-state index is -1.34. The number of ketones is 1. The topological polar surface area (TPSA) is 96.2 Å². The predicted octanol–water partition coefficient (Wildman–Crippen LogP) is -1.97. The van der Waals surface area contributed by atoms with E-state index in [4.69, 9.17) is 14.6 Å². The summed E-state index contributed by atoms with van der Waals surface area (Å²) < 4.78 is 9.77. The van der Waals surface area contributed by atoms with Crippen molar-refractivity contribution in [1.29, 1.82) is 0 Å². The zero-order chi connectivity index (χ0) is 10.7. The highest BCUT2D eigenvalue weighted by atomic mass is 16.7. The standard InChI is InChI=1S/C8H14O6/c1-4(9)2-13-8-7(12)6(11)5(10)3-14-8/h5-8,10-12H,2-3H2,1H3/t5-,6+,7+,8-/m1/s1. The molecule has 6 nitrogen and oxygen atoms in total. The van der Waals surface area contributed by atoms with E-state index in [9.17, 15) is 15.0 Å². The Kier molecular flexibility index (Phi) is 3.97. The lowest BCUT2D eigenvalue weighted by Gasteiger charge is -2.34.